The summed E-state index contributed by atoms with van der Waals surface area (Å²) in [4.78, 5) is 12.7. The highest BCUT2D eigenvalue weighted by Gasteiger charge is 2.35. The molecule has 2 aromatic carbocycles. The van der Waals surface area contributed by atoms with Crippen molar-refractivity contribution in [2.45, 2.75) is 51.9 Å². The Morgan fingerprint density at radius 1 is 1.19 bits per heavy atom. The van der Waals surface area contributed by atoms with Crippen LogP contribution in [0.15, 0.2) is 42.5 Å². The number of methoxy groups -OCH3 is 1. The zero-order valence-corrected chi connectivity index (χ0v) is 16.5. The van der Waals surface area contributed by atoms with Crippen LogP contribution >= 0.6 is 0 Å². The fourth-order valence-corrected chi connectivity index (χ4v) is 3.30. The monoisotopic (exact) mass is 369 g/mol. The molecule has 0 aliphatic carbocycles. The van der Waals surface area contributed by atoms with Gasteiger partial charge in [-0.05, 0) is 58.0 Å². The van der Waals surface area contributed by atoms with E-state index in [1.807, 2.05) is 32.9 Å². The fraction of sp³-hybridized carbons (Fsp3) is 0.409. The van der Waals surface area contributed by atoms with Gasteiger partial charge < -0.3 is 19.5 Å². The molecule has 0 aromatic heterocycles. The van der Waals surface area contributed by atoms with Gasteiger partial charge in [0.25, 0.3) is 5.91 Å². The Morgan fingerprint density at radius 3 is 2.52 bits per heavy atom. The number of ether oxygens (including phenoxy) is 3. The maximum absolute atomic E-state index is 12.7. The van der Waals surface area contributed by atoms with Gasteiger partial charge in [0.2, 0.25) is 0 Å². The van der Waals surface area contributed by atoms with Crippen molar-refractivity contribution in [2.75, 3.05) is 7.11 Å². The number of fused-ring (bicyclic) bond motifs is 1. The van der Waals surface area contributed by atoms with Gasteiger partial charge in [-0.1, -0.05) is 17.7 Å². The van der Waals surface area contributed by atoms with Crippen LogP contribution in [0, 0.1) is 6.92 Å². The Kier molecular flexibility index (Phi) is 5.31. The molecule has 1 amide bonds. The Hall–Kier alpha value is -2.69. The lowest BCUT2D eigenvalue weighted by molar-refractivity contribution is -0.128. The largest absolute Gasteiger partial charge is 0.497 e. The van der Waals surface area contributed by atoms with Crippen LogP contribution in [0.3, 0.4) is 0 Å². The first-order valence-corrected chi connectivity index (χ1v) is 9.18. The highest BCUT2D eigenvalue weighted by Crippen LogP contribution is 2.39. The van der Waals surface area contributed by atoms with Crippen molar-refractivity contribution >= 4 is 5.91 Å². The van der Waals surface area contributed by atoms with Crippen molar-refractivity contribution in [3.05, 3.63) is 53.6 Å². The summed E-state index contributed by atoms with van der Waals surface area (Å²) in [6, 6.07) is 13.1. The summed E-state index contributed by atoms with van der Waals surface area (Å²) in [6.45, 7) is 7.86. The highest BCUT2D eigenvalue weighted by atomic mass is 16.5. The van der Waals surface area contributed by atoms with Crippen LogP contribution in [-0.2, 0) is 4.79 Å². The van der Waals surface area contributed by atoms with E-state index in [1.54, 1.807) is 38.3 Å². The third kappa shape index (κ3) is 4.54. The second-order valence-corrected chi connectivity index (χ2v) is 7.60. The number of carbonyl (C=O) groups excluding carboxylic acids is 1. The molecule has 0 radical (unpaired) electrons. The molecular weight excluding hydrogens is 342 g/mol. The van der Waals surface area contributed by atoms with Crippen molar-refractivity contribution in [3.63, 3.8) is 0 Å². The van der Waals surface area contributed by atoms with Crippen LogP contribution in [0.25, 0.3) is 0 Å². The third-order valence-electron chi connectivity index (χ3n) is 4.68. The van der Waals surface area contributed by atoms with E-state index < -0.39 is 6.10 Å². The lowest BCUT2D eigenvalue weighted by atomic mass is 9.89. The molecule has 27 heavy (non-hydrogen) atoms. The molecular formula is C22H27NO4. The van der Waals surface area contributed by atoms with Crippen LogP contribution in [0.5, 0.6) is 17.2 Å². The predicted molar refractivity (Wildman–Crippen MR) is 104 cm³/mol. The number of carbonyl (C=O) groups is 1. The SMILES string of the molecule is COc1ccc(O[C@H](C)C(=O)N[C@H]2CC(C)(C)Oc3ccc(C)cc32)cc1. The molecule has 0 bridgehead atoms. The summed E-state index contributed by atoms with van der Waals surface area (Å²) in [5, 5.41) is 3.13. The normalized spacial score (nSPS) is 18.6. The first kappa shape index (κ1) is 19.1. The van der Waals surface area contributed by atoms with E-state index in [1.165, 1.54) is 0 Å². The first-order chi connectivity index (χ1) is 12.8. The van der Waals surface area contributed by atoms with E-state index in [9.17, 15) is 4.79 Å². The van der Waals surface area contributed by atoms with Gasteiger partial charge in [0.15, 0.2) is 6.10 Å². The van der Waals surface area contributed by atoms with Crippen LogP contribution in [-0.4, -0.2) is 24.7 Å². The van der Waals surface area contributed by atoms with Gasteiger partial charge in [0.1, 0.15) is 22.8 Å². The number of amides is 1. The van der Waals surface area contributed by atoms with E-state index in [0.29, 0.717) is 12.2 Å². The van der Waals surface area contributed by atoms with Crippen LogP contribution in [0.1, 0.15) is 44.4 Å². The van der Waals surface area contributed by atoms with Gasteiger partial charge in [0.05, 0.1) is 13.2 Å². The quantitative estimate of drug-likeness (QED) is 0.859. The maximum Gasteiger partial charge on any atom is 0.261 e. The molecule has 5 nitrogen and oxygen atoms in total. The second-order valence-electron chi connectivity index (χ2n) is 7.60. The van der Waals surface area contributed by atoms with Crippen molar-refractivity contribution < 1.29 is 19.0 Å². The standard InChI is InChI=1S/C22H27NO4/c1-14-6-11-20-18(12-14)19(13-22(3,4)27-20)23-21(24)15(2)26-17-9-7-16(25-5)8-10-17/h6-12,15,19H,13H2,1-5H3,(H,23,24)/t15-,19+/m1/s1. The first-order valence-electron chi connectivity index (χ1n) is 9.18. The average molecular weight is 369 g/mol. The Bertz CT molecular complexity index is 814. The Balaban J connectivity index is 1.71. The van der Waals surface area contributed by atoms with E-state index in [-0.39, 0.29) is 17.6 Å². The Labute approximate surface area is 160 Å². The number of aryl methyl sites for hydroxylation is 1. The fourth-order valence-electron chi connectivity index (χ4n) is 3.30. The molecule has 1 heterocycles. The highest BCUT2D eigenvalue weighted by molar-refractivity contribution is 5.81. The van der Waals surface area contributed by atoms with Crippen LogP contribution in [0.4, 0.5) is 0 Å². The van der Waals surface area contributed by atoms with E-state index in [2.05, 4.69) is 11.4 Å². The number of benzene rings is 2. The molecule has 0 saturated carbocycles. The van der Waals surface area contributed by atoms with Crippen molar-refractivity contribution in [1.82, 2.24) is 5.32 Å². The molecule has 0 unspecified atom stereocenters. The summed E-state index contributed by atoms with van der Waals surface area (Å²) >= 11 is 0. The van der Waals surface area contributed by atoms with Gasteiger partial charge in [-0.25, -0.2) is 0 Å². The maximum atomic E-state index is 12.7. The number of rotatable bonds is 5. The Morgan fingerprint density at radius 2 is 1.85 bits per heavy atom. The number of nitrogens with one attached hydrogen (secondary N) is 1. The molecule has 1 aliphatic rings. The molecule has 0 spiro atoms. The molecule has 5 heteroatoms. The van der Waals surface area contributed by atoms with Crippen molar-refractivity contribution in [2.24, 2.45) is 0 Å². The van der Waals surface area contributed by atoms with E-state index in [0.717, 1.165) is 22.6 Å². The summed E-state index contributed by atoms with van der Waals surface area (Å²) in [6.07, 6.45) is 0.0855. The van der Waals surface area contributed by atoms with Gasteiger partial charge >= 0.3 is 0 Å². The smallest absolute Gasteiger partial charge is 0.261 e. The van der Waals surface area contributed by atoms with Crippen molar-refractivity contribution in [1.29, 1.82) is 0 Å². The molecule has 0 fully saturated rings. The zero-order chi connectivity index (χ0) is 19.6. The number of hydrogen-bond donors (Lipinski definition) is 1. The van der Waals surface area contributed by atoms with E-state index >= 15 is 0 Å². The molecule has 3 rings (SSSR count). The lowest BCUT2D eigenvalue weighted by Crippen LogP contribution is -2.44. The molecule has 0 saturated heterocycles. The lowest BCUT2D eigenvalue weighted by Gasteiger charge is -2.38. The molecule has 144 valence electrons. The predicted octanol–water partition coefficient (Wildman–Crippen LogP) is 4.19. The summed E-state index contributed by atoms with van der Waals surface area (Å²) in [5.74, 6) is 2.05. The molecule has 1 aliphatic heterocycles. The minimum absolute atomic E-state index is 0.113. The summed E-state index contributed by atoms with van der Waals surface area (Å²) in [5.41, 5.74) is 1.80. The zero-order valence-electron chi connectivity index (χ0n) is 16.5. The molecule has 1 N–H and O–H groups in total. The van der Waals surface area contributed by atoms with E-state index in [4.69, 9.17) is 14.2 Å². The minimum Gasteiger partial charge on any atom is -0.497 e. The second kappa shape index (κ2) is 7.51. The van der Waals surface area contributed by atoms with Gasteiger partial charge in [-0.15, -0.1) is 0 Å². The van der Waals surface area contributed by atoms with Crippen molar-refractivity contribution in [3.8, 4) is 17.2 Å². The summed E-state index contributed by atoms with van der Waals surface area (Å²) in [7, 11) is 1.61. The molecule has 2 aromatic rings. The third-order valence-corrected chi connectivity index (χ3v) is 4.68. The average Bonchev–Trinajstić information content (AvgIpc) is 2.62. The van der Waals surface area contributed by atoms with Gasteiger partial charge in [0, 0.05) is 12.0 Å². The summed E-state index contributed by atoms with van der Waals surface area (Å²) < 4.78 is 17.0. The number of hydrogen-bond acceptors (Lipinski definition) is 4. The minimum atomic E-state index is -0.613. The topological polar surface area (TPSA) is 56.8 Å². The van der Waals surface area contributed by atoms with Gasteiger partial charge in [-0.3, -0.25) is 4.79 Å². The van der Waals surface area contributed by atoms with Gasteiger partial charge in [-0.2, -0.15) is 0 Å². The van der Waals surface area contributed by atoms with Crippen LogP contribution in [0.2, 0.25) is 0 Å². The molecule has 2 atom stereocenters. The van der Waals surface area contributed by atoms with Crippen LogP contribution < -0.4 is 19.5 Å².